The molecule has 3 rings (SSSR count). The number of nitrogens with one attached hydrogen (secondary N) is 1. The van der Waals surface area contributed by atoms with E-state index in [1.54, 1.807) is 56.4 Å². The van der Waals surface area contributed by atoms with Crippen molar-refractivity contribution in [3.8, 4) is 5.75 Å². The third kappa shape index (κ3) is 7.98. The van der Waals surface area contributed by atoms with Gasteiger partial charge in [-0.25, -0.2) is 9.36 Å². The van der Waals surface area contributed by atoms with Gasteiger partial charge in [-0.2, -0.15) is 10.1 Å². The predicted octanol–water partition coefficient (Wildman–Crippen LogP) is 3.34. The first-order valence-electron chi connectivity index (χ1n) is 11.5. The number of nitrogens with zero attached hydrogens (tertiary/aromatic N) is 2. The Morgan fingerprint density at radius 2 is 2.03 bits per heavy atom. The van der Waals surface area contributed by atoms with Crippen LogP contribution in [-0.4, -0.2) is 47.2 Å². The van der Waals surface area contributed by atoms with E-state index in [1.165, 1.54) is 11.5 Å². The molecule has 0 amide bonds. The molecule has 35 heavy (non-hydrogen) atoms. The van der Waals surface area contributed by atoms with Crippen LogP contribution in [0.4, 0.5) is 0 Å². The Balaban J connectivity index is 1.65. The van der Waals surface area contributed by atoms with E-state index in [2.05, 4.69) is 10.1 Å². The Hall–Kier alpha value is -2.56. The molecule has 0 bridgehead atoms. The van der Waals surface area contributed by atoms with Crippen LogP contribution in [-0.2, 0) is 28.1 Å². The quantitative estimate of drug-likeness (QED) is 0.336. The summed E-state index contributed by atoms with van der Waals surface area (Å²) in [5.74, 6) is -0.294. The van der Waals surface area contributed by atoms with E-state index in [-0.39, 0.29) is 25.1 Å². The number of hydrogen-bond acceptors (Lipinski definition) is 9. The molecule has 1 aliphatic heterocycles. The summed E-state index contributed by atoms with van der Waals surface area (Å²) in [7, 11) is -4.06. The van der Waals surface area contributed by atoms with Crippen LogP contribution in [0, 0.1) is 6.92 Å². The van der Waals surface area contributed by atoms with Crippen molar-refractivity contribution in [3.05, 3.63) is 58.8 Å². The molecule has 2 aromatic rings. The van der Waals surface area contributed by atoms with Crippen LogP contribution in [0.1, 0.15) is 45.5 Å². The molecule has 11 nitrogen and oxygen atoms in total. The number of aromatic nitrogens is 2. The Labute approximate surface area is 204 Å². The fourth-order valence-electron chi connectivity index (χ4n) is 3.32. The standard InChI is InChI=1S/C23H32N3O8P/c1-5-9-17(3)32-22(27)18(4)25-35(29,34-19-10-7-6-8-11-19)31-15-21-30-14-20(33-21)26-13-12-16(2)24-23(26)28/h6-8,10-13,17-18,20-21H,5,9,14-15H2,1-4H3,(H,25,29)/t17-,18-,20-,21-,35?/m0/s1. The molecule has 1 aliphatic rings. The summed E-state index contributed by atoms with van der Waals surface area (Å²) >= 11 is 0. The maximum atomic E-state index is 13.6. The molecule has 1 aromatic carbocycles. The Bertz CT molecular complexity index is 1080. The second-order valence-electron chi connectivity index (χ2n) is 8.20. The maximum absolute atomic E-state index is 13.6. The summed E-state index contributed by atoms with van der Waals surface area (Å²) < 4.78 is 42.7. The highest BCUT2D eigenvalue weighted by Crippen LogP contribution is 2.45. The summed E-state index contributed by atoms with van der Waals surface area (Å²) in [4.78, 5) is 28.5. The van der Waals surface area contributed by atoms with Gasteiger partial charge in [0.1, 0.15) is 18.4 Å². The number of hydrogen-bond donors (Lipinski definition) is 1. The van der Waals surface area contributed by atoms with Crippen LogP contribution in [0.15, 0.2) is 47.4 Å². The van der Waals surface area contributed by atoms with Crippen LogP contribution in [0.25, 0.3) is 0 Å². The van der Waals surface area contributed by atoms with Crippen LogP contribution in [0.5, 0.6) is 5.75 Å². The molecule has 1 unspecified atom stereocenters. The SMILES string of the molecule is CCC[C@H](C)OC(=O)[C@H](C)NP(=O)(OC[C@H]1OC[C@@H](n2ccc(C)nc2=O)O1)Oc1ccccc1. The van der Waals surface area contributed by atoms with Crippen LogP contribution in [0.3, 0.4) is 0 Å². The lowest BCUT2D eigenvalue weighted by molar-refractivity contribution is -0.150. The highest BCUT2D eigenvalue weighted by atomic mass is 31.2. The van der Waals surface area contributed by atoms with Gasteiger partial charge in [-0.1, -0.05) is 31.5 Å². The maximum Gasteiger partial charge on any atom is 0.459 e. The topological polar surface area (TPSA) is 127 Å². The third-order valence-electron chi connectivity index (χ3n) is 5.08. The van der Waals surface area contributed by atoms with Gasteiger partial charge in [-0.15, -0.1) is 0 Å². The van der Waals surface area contributed by atoms with Gasteiger partial charge >= 0.3 is 19.4 Å². The number of esters is 1. The van der Waals surface area contributed by atoms with E-state index in [0.29, 0.717) is 12.1 Å². The molecule has 2 heterocycles. The lowest BCUT2D eigenvalue weighted by Gasteiger charge is -2.24. The van der Waals surface area contributed by atoms with E-state index in [4.69, 9.17) is 23.3 Å². The van der Waals surface area contributed by atoms with Gasteiger partial charge in [0.05, 0.1) is 12.7 Å². The molecule has 0 saturated carbocycles. The van der Waals surface area contributed by atoms with E-state index in [1.807, 2.05) is 6.92 Å². The zero-order valence-electron chi connectivity index (χ0n) is 20.3. The summed E-state index contributed by atoms with van der Waals surface area (Å²) in [6, 6.07) is 9.14. The van der Waals surface area contributed by atoms with Gasteiger partial charge in [0.2, 0.25) is 0 Å². The molecule has 192 valence electrons. The van der Waals surface area contributed by atoms with Crippen molar-refractivity contribution in [1.82, 2.24) is 14.6 Å². The summed E-state index contributed by atoms with van der Waals surface area (Å²) in [6.45, 7) is 6.81. The minimum atomic E-state index is -4.06. The third-order valence-corrected chi connectivity index (χ3v) is 6.72. The van der Waals surface area contributed by atoms with Crippen molar-refractivity contribution < 1.29 is 32.6 Å². The van der Waals surface area contributed by atoms with E-state index in [9.17, 15) is 14.2 Å². The molecule has 1 N–H and O–H groups in total. The van der Waals surface area contributed by atoms with Gasteiger partial charge in [0, 0.05) is 11.9 Å². The Morgan fingerprint density at radius 1 is 1.29 bits per heavy atom. The first-order valence-corrected chi connectivity index (χ1v) is 13.0. The van der Waals surface area contributed by atoms with Gasteiger partial charge in [-0.05, 0) is 45.4 Å². The first kappa shape index (κ1) is 27.0. The summed E-state index contributed by atoms with van der Waals surface area (Å²) in [5, 5.41) is 2.63. The highest BCUT2D eigenvalue weighted by molar-refractivity contribution is 7.52. The molecule has 0 radical (unpaired) electrons. The predicted molar refractivity (Wildman–Crippen MR) is 127 cm³/mol. The van der Waals surface area contributed by atoms with Crippen LogP contribution < -0.4 is 15.3 Å². The normalized spacial score (nSPS) is 21.1. The molecular formula is C23H32N3O8P. The number of rotatable bonds is 12. The largest absolute Gasteiger partial charge is 0.462 e. The molecule has 5 atom stereocenters. The van der Waals surface area contributed by atoms with Crippen molar-refractivity contribution >= 4 is 13.7 Å². The first-order chi connectivity index (χ1) is 16.7. The average molecular weight is 509 g/mol. The van der Waals surface area contributed by atoms with Crippen LogP contribution in [0.2, 0.25) is 0 Å². The monoisotopic (exact) mass is 509 g/mol. The van der Waals surface area contributed by atoms with E-state index in [0.717, 1.165) is 6.42 Å². The number of carbonyl (C=O) groups excluding carboxylic acids is 1. The number of ether oxygens (including phenoxy) is 3. The average Bonchev–Trinajstić information content (AvgIpc) is 3.27. The van der Waals surface area contributed by atoms with Crippen LogP contribution >= 0.6 is 7.75 Å². The Kier molecular flexibility index (Phi) is 9.59. The molecule has 1 aromatic heterocycles. The number of para-hydroxylation sites is 1. The van der Waals surface area contributed by atoms with Gasteiger partial charge in [0.15, 0.2) is 12.5 Å². The highest BCUT2D eigenvalue weighted by Gasteiger charge is 2.36. The lowest BCUT2D eigenvalue weighted by atomic mass is 10.2. The minimum absolute atomic E-state index is 0.0774. The molecular weight excluding hydrogens is 477 g/mol. The number of carbonyl (C=O) groups is 1. The minimum Gasteiger partial charge on any atom is -0.462 e. The molecule has 0 spiro atoms. The lowest BCUT2D eigenvalue weighted by Crippen LogP contribution is -2.37. The van der Waals surface area contributed by atoms with E-state index < -0.39 is 38.0 Å². The van der Waals surface area contributed by atoms with Gasteiger partial charge in [-0.3, -0.25) is 13.9 Å². The number of aryl methyl sites for hydroxylation is 1. The van der Waals surface area contributed by atoms with Gasteiger partial charge < -0.3 is 18.7 Å². The fourth-order valence-corrected chi connectivity index (χ4v) is 4.80. The van der Waals surface area contributed by atoms with Gasteiger partial charge in [0.25, 0.3) is 0 Å². The van der Waals surface area contributed by atoms with Crippen molar-refractivity contribution in [1.29, 1.82) is 0 Å². The molecule has 1 fully saturated rings. The summed E-state index contributed by atoms with van der Waals surface area (Å²) in [6.07, 6.45) is 1.24. The second kappa shape index (κ2) is 12.4. The van der Waals surface area contributed by atoms with Crippen molar-refractivity contribution in [3.63, 3.8) is 0 Å². The zero-order chi connectivity index (χ0) is 25.4. The van der Waals surface area contributed by atoms with Crippen molar-refractivity contribution in [2.75, 3.05) is 13.2 Å². The zero-order valence-corrected chi connectivity index (χ0v) is 21.2. The molecule has 12 heteroatoms. The fraction of sp³-hybridized carbons (Fsp3) is 0.522. The second-order valence-corrected chi connectivity index (χ2v) is 9.89. The number of benzene rings is 1. The summed E-state index contributed by atoms with van der Waals surface area (Å²) in [5.41, 5.74) is 0.122. The van der Waals surface area contributed by atoms with Crippen molar-refractivity contribution in [2.24, 2.45) is 0 Å². The Morgan fingerprint density at radius 3 is 2.71 bits per heavy atom. The van der Waals surface area contributed by atoms with E-state index >= 15 is 0 Å². The molecule has 0 aliphatic carbocycles. The smallest absolute Gasteiger partial charge is 0.459 e. The van der Waals surface area contributed by atoms with Crippen molar-refractivity contribution in [2.45, 2.75) is 65.2 Å². The molecule has 1 saturated heterocycles.